The van der Waals surface area contributed by atoms with Gasteiger partial charge in [-0.1, -0.05) is 0 Å². The minimum atomic E-state index is -1.06. The fraction of sp³-hybridized carbons (Fsp3) is 0.583. The molecular formula is C12H20N4O4. The first kappa shape index (κ1) is 16.0. The Morgan fingerprint density at radius 2 is 2.30 bits per heavy atom. The molecule has 20 heavy (non-hydrogen) atoms. The monoisotopic (exact) mass is 284 g/mol. The molecule has 0 saturated carbocycles. The molecule has 1 aromatic heterocycles. The zero-order chi connectivity index (χ0) is 15.0. The van der Waals surface area contributed by atoms with E-state index in [1.807, 2.05) is 0 Å². The number of nitrogens with one attached hydrogen (secondary N) is 2. The lowest BCUT2D eigenvalue weighted by Gasteiger charge is -2.14. The molecule has 0 radical (unpaired) electrons. The number of methoxy groups -OCH3 is 1. The topological polar surface area (TPSA) is 105 Å². The third kappa shape index (κ3) is 5.70. The van der Waals surface area contributed by atoms with Crippen LogP contribution in [0.3, 0.4) is 0 Å². The zero-order valence-corrected chi connectivity index (χ0v) is 11.6. The molecule has 112 valence electrons. The summed E-state index contributed by atoms with van der Waals surface area (Å²) in [4.78, 5) is 22.6. The third-order valence-corrected chi connectivity index (χ3v) is 2.66. The van der Waals surface area contributed by atoms with Gasteiger partial charge in [0.15, 0.2) is 0 Å². The minimum absolute atomic E-state index is 0.296. The standard InChI is InChI=1S/C12H20N4O4/c1-16-8-9(7-14-16)6-13-12(19)15-10(11(17)18)4-3-5-20-2/h7-8,10H,3-6H2,1-2H3,(H,17,18)(H2,13,15,19). The summed E-state index contributed by atoms with van der Waals surface area (Å²) in [5.74, 6) is -1.06. The predicted octanol–water partition coefficient (Wildman–Crippen LogP) is 0.0991. The van der Waals surface area contributed by atoms with Gasteiger partial charge in [0.05, 0.1) is 6.20 Å². The predicted molar refractivity (Wildman–Crippen MR) is 71.1 cm³/mol. The van der Waals surface area contributed by atoms with Crippen LogP contribution in [0, 0.1) is 0 Å². The Kier molecular flexibility index (Phi) is 6.51. The number of ether oxygens (including phenoxy) is 1. The molecule has 1 atom stereocenters. The summed E-state index contributed by atoms with van der Waals surface area (Å²) >= 11 is 0. The van der Waals surface area contributed by atoms with Gasteiger partial charge in [-0.05, 0) is 12.8 Å². The average Bonchev–Trinajstić information content (AvgIpc) is 2.81. The lowest BCUT2D eigenvalue weighted by molar-refractivity contribution is -0.139. The first-order valence-electron chi connectivity index (χ1n) is 6.26. The molecule has 0 bridgehead atoms. The van der Waals surface area contributed by atoms with E-state index >= 15 is 0 Å². The first-order valence-corrected chi connectivity index (χ1v) is 6.26. The summed E-state index contributed by atoms with van der Waals surface area (Å²) in [5, 5.41) is 18.0. The molecule has 1 heterocycles. The number of amides is 2. The molecule has 0 aliphatic carbocycles. The van der Waals surface area contributed by atoms with Gasteiger partial charge < -0.3 is 20.5 Å². The van der Waals surface area contributed by atoms with E-state index in [1.165, 1.54) is 0 Å². The highest BCUT2D eigenvalue weighted by Gasteiger charge is 2.19. The molecule has 0 aromatic carbocycles. The molecule has 0 aliphatic rings. The van der Waals surface area contributed by atoms with Crippen molar-refractivity contribution in [2.45, 2.75) is 25.4 Å². The number of rotatable bonds is 8. The Balaban J connectivity index is 2.35. The Morgan fingerprint density at radius 1 is 1.55 bits per heavy atom. The zero-order valence-electron chi connectivity index (χ0n) is 11.6. The van der Waals surface area contributed by atoms with Crippen molar-refractivity contribution in [1.82, 2.24) is 20.4 Å². The van der Waals surface area contributed by atoms with Crippen LogP contribution in [0.1, 0.15) is 18.4 Å². The van der Waals surface area contributed by atoms with Crippen LogP contribution in [0.25, 0.3) is 0 Å². The molecular weight excluding hydrogens is 264 g/mol. The van der Waals surface area contributed by atoms with Crippen LogP contribution in [0.4, 0.5) is 4.79 Å². The maximum Gasteiger partial charge on any atom is 0.326 e. The number of carbonyl (C=O) groups excluding carboxylic acids is 1. The summed E-state index contributed by atoms with van der Waals surface area (Å²) in [6.45, 7) is 0.757. The summed E-state index contributed by atoms with van der Waals surface area (Å²) in [7, 11) is 3.32. The highest BCUT2D eigenvalue weighted by Crippen LogP contribution is 1.99. The van der Waals surface area contributed by atoms with Crippen molar-refractivity contribution in [3.8, 4) is 0 Å². The molecule has 3 N–H and O–H groups in total. The SMILES string of the molecule is COCCCC(NC(=O)NCc1cnn(C)c1)C(=O)O. The number of urea groups is 1. The number of carboxylic acids is 1. The number of carboxylic acid groups (broad SMARTS) is 1. The molecule has 1 unspecified atom stereocenters. The van der Waals surface area contributed by atoms with Gasteiger partial charge in [-0.25, -0.2) is 9.59 Å². The Bertz CT molecular complexity index is 446. The second-order valence-electron chi connectivity index (χ2n) is 4.38. The van der Waals surface area contributed by atoms with Crippen LogP contribution in [0.5, 0.6) is 0 Å². The van der Waals surface area contributed by atoms with Crippen LogP contribution in [-0.2, 0) is 23.1 Å². The summed E-state index contributed by atoms with van der Waals surface area (Å²) in [6.07, 6.45) is 4.29. The van der Waals surface area contributed by atoms with E-state index in [0.29, 0.717) is 26.0 Å². The van der Waals surface area contributed by atoms with Crippen LogP contribution >= 0.6 is 0 Å². The quantitative estimate of drug-likeness (QED) is 0.587. The lowest BCUT2D eigenvalue weighted by atomic mass is 10.1. The highest BCUT2D eigenvalue weighted by molar-refractivity contribution is 5.82. The molecule has 0 spiro atoms. The van der Waals surface area contributed by atoms with Gasteiger partial charge in [0, 0.05) is 39.1 Å². The summed E-state index contributed by atoms with van der Waals surface area (Å²) < 4.78 is 6.48. The van der Waals surface area contributed by atoms with E-state index in [0.717, 1.165) is 5.56 Å². The van der Waals surface area contributed by atoms with Gasteiger partial charge in [-0.15, -0.1) is 0 Å². The van der Waals surface area contributed by atoms with Crippen molar-refractivity contribution in [1.29, 1.82) is 0 Å². The van der Waals surface area contributed by atoms with E-state index < -0.39 is 18.0 Å². The maximum absolute atomic E-state index is 11.6. The van der Waals surface area contributed by atoms with E-state index in [9.17, 15) is 9.59 Å². The lowest BCUT2D eigenvalue weighted by Crippen LogP contribution is -2.45. The second kappa shape index (κ2) is 8.16. The molecule has 8 nitrogen and oxygen atoms in total. The van der Waals surface area contributed by atoms with Crippen LogP contribution in [0.2, 0.25) is 0 Å². The number of nitrogens with zero attached hydrogens (tertiary/aromatic N) is 2. The minimum Gasteiger partial charge on any atom is -0.480 e. The molecule has 0 aliphatic heterocycles. The van der Waals surface area contributed by atoms with E-state index in [1.54, 1.807) is 31.2 Å². The number of hydrogen-bond donors (Lipinski definition) is 3. The van der Waals surface area contributed by atoms with E-state index in [2.05, 4.69) is 15.7 Å². The maximum atomic E-state index is 11.6. The molecule has 0 saturated heterocycles. The molecule has 1 aromatic rings. The number of carbonyl (C=O) groups is 2. The van der Waals surface area contributed by atoms with E-state index in [4.69, 9.17) is 9.84 Å². The highest BCUT2D eigenvalue weighted by atomic mass is 16.5. The van der Waals surface area contributed by atoms with E-state index in [-0.39, 0.29) is 0 Å². The third-order valence-electron chi connectivity index (χ3n) is 2.66. The second-order valence-corrected chi connectivity index (χ2v) is 4.38. The summed E-state index contributed by atoms with van der Waals surface area (Å²) in [5.41, 5.74) is 0.842. The van der Waals surface area contributed by atoms with Crippen molar-refractivity contribution in [3.63, 3.8) is 0 Å². The average molecular weight is 284 g/mol. The number of aliphatic carboxylic acids is 1. The first-order chi connectivity index (χ1) is 9.52. The van der Waals surface area contributed by atoms with Crippen molar-refractivity contribution < 1.29 is 19.4 Å². The number of hydrogen-bond acceptors (Lipinski definition) is 4. The normalized spacial score (nSPS) is 11.9. The Labute approximate surface area is 117 Å². The van der Waals surface area contributed by atoms with Crippen molar-refractivity contribution in [2.24, 2.45) is 7.05 Å². The fourth-order valence-electron chi connectivity index (χ4n) is 1.64. The van der Waals surface area contributed by atoms with Gasteiger partial charge in [-0.3, -0.25) is 4.68 Å². The van der Waals surface area contributed by atoms with Crippen molar-refractivity contribution in [3.05, 3.63) is 18.0 Å². The number of aryl methyl sites for hydroxylation is 1. The van der Waals surface area contributed by atoms with Gasteiger partial charge in [-0.2, -0.15) is 5.10 Å². The molecule has 8 heteroatoms. The van der Waals surface area contributed by atoms with Gasteiger partial charge >= 0.3 is 12.0 Å². The van der Waals surface area contributed by atoms with Gasteiger partial charge in [0.1, 0.15) is 6.04 Å². The smallest absolute Gasteiger partial charge is 0.326 e. The Hall–Kier alpha value is -2.09. The van der Waals surface area contributed by atoms with Gasteiger partial charge in [0.25, 0.3) is 0 Å². The molecule has 2 amide bonds. The molecule has 1 rings (SSSR count). The summed E-state index contributed by atoms with van der Waals surface area (Å²) in [6, 6.07) is -1.43. The van der Waals surface area contributed by atoms with Crippen LogP contribution in [0.15, 0.2) is 12.4 Å². The Morgan fingerprint density at radius 3 is 2.85 bits per heavy atom. The molecule has 0 fully saturated rings. The van der Waals surface area contributed by atoms with Crippen molar-refractivity contribution in [2.75, 3.05) is 13.7 Å². The van der Waals surface area contributed by atoms with Gasteiger partial charge in [0.2, 0.25) is 0 Å². The van der Waals surface area contributed by atoms with Crippen LogP contribution in [-0.4, -0.2) is 46.6 Å². The largest absolute Gasteiger partial charge is 0.480 e. The van der Waals surface area contributed by atoms with Crippen LogP contribution < -0.4 is 10.6 Å². The fourth-order valence-corrected chi connectivity index (χ4v) is 1.64. The van der Waals surface area contributed by atoms with Crippen molar-refractivity contribution >= 4 is 12.0 Å². The number of aromatic nitrogens is 2.